The van der Waals surface area contributed by atoms with Crippen LogP contribution in [-0.2, 0) is 4.74 Å². The van der Waals surface area contributed by atoms with Crippen molar-refractivity contribution in [3.8, 4) is 16.9 Å². The Hall–Kier alpha value is -0.986. The molecular formula is C24H33LiO2Si. The third kappa shape index (κ3) is 4.94. The van der Waals surface area contributed by atoms with E-state index in [1.807, 2.05) is 12.1 Å². The van der Waals surface area contributed by atoms with Crippen LogP contribution in [0.3, 0.4) is 0 Å². The van der Waals surface area contributed by atoms with Gasteiger partial charge in [0.25, 0.3) is 0 Å². The molecule has 0 saturated carbocycles. The molecule has 0 radical (unpaired) electrons. The van der Waals surface area contributed by atoms with E-state index >= 15 is 0 Å². The van der Waals surface area contributed by atoms with E-state index in [1.165, 1.54) is 40.9 Å². The molecule has 1 unspecified atom stereocenters. The maximum atomic E-state index is 6.63. The van der Waals surface area contributed by atoms with Crippen LogP contribution in [0.1, 0.15) is 45.6 Å². The second-order valence-corrected chi connectivity index (χ2v) is 12.9. The number of ether oxygens (including phenoxy) is 2. The first-order chi connectivity index (χ1) is 13.1. The first-order valence-corrected chi connectivity index (χ1v) is 13.2. The van der Waals surface area contributed by atoms with E-state index in [1.54, 1.807) is 0 Å². The van der Waals surface area contributed by atoms with E-state index in [0.717, 1.165) is 30.8 Å². The number of rotatable bonds is 7. The fourth-order valence-corrected chi connectivity index (χ4v) is 8.16. The van der Waals surface area contributed by atoms with Crippen LogP contribution in [0.5, 0.6) is 5.75 Å². The smallest absolute Gasteiger partial charge is 0.474 e. The standard InChI is InChI=1S/C24H33O2Si.Li/c1-5-27(6-2,7-3)22-18-19(4)17-21(20-13-9-8-10-14-20)24(22)26-23-15-11-12-16-25-23;/h8-10,13,17-18,23H,5-7,11-12,15-16H2,1-4H3;/q-1;+1. The zero-order chi connectivity index (χ0) is 19.3. The summed E-state index contributed by atoms with van der Waals surface area (Å²) in [6.45, 7) is 10.1. The zero-order valence-corrected chi connectivity index (χ0v) is 19.3. The van der Waals surface area contributed by atoms with Crippen LogP contribution < -0.4 is 28.8 Å². The van der Waals surface area contributed by atoms with E-state index in [0.29, 0.717) is 0 Å². The Kier molecular flexibility index (Phi) is 8.90. The Morgan fingerprint density at radius 2 is 1.86 bits per heavy atom. The van der Waals surface area contributed by atoms with Crippen molar-refractivity contribution in [3.05, 3.63) is 48.0 Å². The maximum Gasteiger partial charge on any atom is 1.00 e. The molecule has 0 aromatic heterocycles. The third-order valence-corrected chi connectivity index (χ3v) is 11.8. The van der Waals surface area contributed by atoms with Gasteiger partial charge in [-0.25, -0.2) is 0 Å². The van der Waals surface area contributed by atoms with Gasteiger partial charge in [0.15, 0.2) is 6.29 Å². The van der Waals surface area contributed by atoms with Crippen LogP contribution in [0.4, 0.5) is 0 Å². The summed E-state index contributed by atoms with van der Waals surface area (Å²) < 4.78 is 12.6. The van der Waals surface area contributed by atoms with Crippen molar-refractivity contribution in [2.45, 2.75) is 71.4 Å². The molecule has 1 fully saturated rings. The van der Waals surface area contributed by atoms with E-state index in [-0.39, 0.29) is 25.2 Å². The van der Waals surface area contributed by atoms with Gasteiger partial charge in [-0.05, 0) is 25.0 Å². The molecule has 0 N–H and O–H groups in total. The van der Waals surface area contributed by atoms with Gasteiger partial charge in [-0.2, -0.15) is 0 Å². The second kappa shape index (κ2) is 10.7. The number of hydrogen-bond acceptors (Lipinski definition) is 2. The van der Waals surface area contributed by atoms with Crippen molar-refractivity contribution in [2.75, 3.05) is 6.61 Å². The molecule has 2 aromatic carbocycles. The SMILES string of the molecule is CC[Si](CC)(CC)c1cc(C)cc(-c2[c-]cccc2)c1OC1CCCCO1.[Li+]. The molecule has 146 valence electrons. The Morgan fingerprint density at radius 3 is 2.43 bits per heavy atom. The van der Waals surface area contributed by atoms with Gasteiger partial charge in [-0.15, -0.1) is 35.9 Å². The Bertz CT molecular complexity index is 730. The minimum absolute atomic E-state index is 0. The fourth-order valence-electron chi connectivity index (χ4n) is 4.31. The molecule has 0 bridgehead atoms. The number of aryl methyl sites for hydroxylation is 1. The molecule has 3 rings (SSSR count). The van der Waals surface area contributed by atoms with Crippen LogP contribution in [0.25, 0.3) is 11.1 Å². The van der Waals surface area contributed by atoms with Crippen molar-refractivity contribution < 1.29 is 28.3 Å². The molecule has 0 amide bonds. The van der Waals surface area contributed by atoms with Crippen LogP contribution in [0.15, 0.2) is 36.4 Å². The quantitative estimate of drug-likeness (QED) is 0.536. The normalized spacial score (nSPS) is 17.1. The summed E-state index contributed by atoms with van der Waals surface area (Å²) in [5.41, 5.74) is 3.59. The minimum atomic E-state index is -1.61. The Morgan fingerprint density at radius 1 is 1.11 bits per heavy atom. The summed E-state index contributed by atoms with van der Waals surface area (Å²) in [4.78, 5) is 0. The summed E-state index contributed by atoms with van der Waals surface area (Å²) in [7, 11) is -1.61. The van der Waals surface area contributed by atoms with E-state index < -0.39 is 8.07 Å². The molecule has 1 saturated heterocycles. The first kappa shape index (κ1) is 23.3. The van der Waals surface area contributed by atoms with Gasteiger partial charge in [0.2, 0.25) is 0 Å². The topological polar surface area (TPSA) is 18.5 Å². The second-order valence-electron chi connectivity index (χ2n) is 7.72. The maximum absolute atomic E-state index is 6.63. The van der Waals surface area contributed by atoms with Gasteiger partial charge in [0.05, 0.1) is 20.4 Å². The van der Waals surface area contributed by atoms with E-state index in [4.69, 9.17) is 9.47 Å². The largest absolute Gasteiger partial charge is 1.00 e. The van der Waals surface area contributed by atoms with Crippen LogP contribution in [-0.4, -0.2) is 21.0 Å². The fraction of sp³-hybridized carbons (Fsp3) is 0.500. The van der Waals surface area contributed by atoms with Crippen molar-refractivity contribution in [1.82, 2.24) is 0 Å². The average Bonchev–Trinajstić information content (AvgIpc) is 2.72. The number of benzene rings is 2. The molecule has 1 aliphatic heterocycles. The molecule has 28 heavy (non-hydrogen) atoms. The number of hydrogen-bond donors (Lipinski definition) is 0. The van der Waals surface area contributed by atoms with Gasteiger partial charge in [0.1, 0.15) is 0 Å². The van der Waals surface area contributed by atoms with Gasteiger partial charge in [-0.3, -0.25) is 0 Å². The van der Waals surface area contributed by atoms with Gasteiger partial charge >= 0.3 is 18.9 Å². The molecular weight excluding hydrogens is 355 g/mol. The molecule has 1 aliphatic rings. The Balaban J connectivity index is 0.00000280. The summed E-state index contributed by atoms with van der Waals surface area (Å²) >= 11 is 0. The molecule has 2 aromatic rings. The summed E-state index contributed by atoms with van der Waals surface area (Å²) in [6.07, 6.45) is 3.16. The predicted molar refractivity (Wildman–Crippen MR) is 117 cm³/mol. The van der Waals surface area contributed by atoms with Crippen molar-refractivity contribution >= 4 is 13.3 Å². The zero-order valence-electron chi connectivity index (χ0n) is 18.3. The van der Waals surface area contributed by atoms with Crippen LogP contribution >= 0.6 is 0 Å². The average molecular weight is 389 g/mol. The molecule has 0 aliphatic carbocycles. The van der Waals surface area contributed by atoms with E-state index in [9.17, 15) is 0 Å². The summed E-state index contributed by atoms with van der Waals surface area (Å²) in [5, 5.41) is 1.47. The van der Waals surface area contributed by atoms with Crippen LogP contribution in [0.2, 0.25) is 18.1 Å². The van der Waals surface area contributed by atoms with Crippen molar-refractivity contribution in [2.24, 2.45) is 0 Å². The first-order valence-electron chi connectivity index (χ1n) is 10.5. The van der Waals surface area contributed by atoms with E-state index in [2.05, 4.69) is 58.0 Å². The monoisotopic (exact) mass is 388 g/mol. The molecule has 2 nitrogen and oxygen atoms in total. The van der Waals surface area contributed by atoms with Gasteiger partial charge in [-0.1, -0.05) is 62.2 Å². The molecule has 0 spiro atoms. The van der Waals surface area contributed by atoms with Crippen molar-refractivity contribution in [1.29, 1.82) is 0 Å². The predicted octanol–water partition coefficient (Wildman–Crippen LogP) is 3.09. The van der Waals surface area contributed by atoms with Gasteiger partial charge < -0.3 is 9.47 Å². The Labute approximate surface area is 184 Å². The van der Waals surface area contributed by atoms with Crippen LogP contribution in [0, 0.1) is 13.0 Å². The molecule has 4 heteroatoms. The van der Waals surface area contributed by atoms with Crippen molar-refractivity contribution in [3.63, 3.8) is 0 Å². The minimum Gasteiger partial charge on any atom is -0.474 e. The molecule has 1 atom stereocenters. The molecule has 1 heterocycles. The third-order valence-electron chi connectivity index (χ3n) is 6.22. The summed E-state index contributed by atoms with van der Waals surface area (Å²) in [5.74, 6) is 1.06. The van der Waals surface area contributed by atoms with Gasteiger partial charge in [0, 0.05) is 6.42 Å². The summed E-state index contributed by atoms with van der Waals surface area (Å²) in [6, 6.07) is 20.0.